The van der Waals surface area contributed by atoms with Gasteiger partial charge in [0, 0.05) is 19.2 Å². The van der Waals surface area contributed by atoms with Crippen molar-refractivity contribution in [3.63, 3.8) is 0 Å². The molecule has 6 heteroatoms. The van der Waals surface area contributed by atoms with Gasteiger partial charge in [0.2, 0.25) is 0 Å². The summed E-state index contributed by atoms with van der Waals surface area (Å²) in [6.45, 7) is 0.226. The molecule has 0 saturated carbocycles. The summed E-state index contributed by atoms with van der Waals surface area (Å²) >= 11 is 5.89. The molecule has 0 radical (unpaired) electrons. The molecule has 0 aliphatic rings. The Morgan fingerprint density at radius 1 is 1.26 bits per heavy atom. The fraction of sp³-hybridized carbons (Fsp3) is 0.235. The van der Waals surface area contributed by atoms with Gasteiger partial charge in [-0.2, -0.15) is 0 Å². The average molecular weight is 338 g/mol. The Balaban J connectivity index is 2.09. The molecule has 0 fully saturated rings. The van der Waals surface area contributed by atoms with Gasteiger partial charge in [-0.25, -0.2) is 4.39 Å². The summed E-state index contributed by atoms with van der Waals surface area (Å²) in [5.41, 5.74) is 1.03. The molecule has 1 N–H and O–H groups in total. The van der Waals surface area contributed by atoms with Gasteiger partial charge in [-0.3, -0.25) is 4.79 Å². The van der Waals surface area contributed by atoms with Crippen molar-refractivity contribution in [2.45, 2.75) is 6.10 Å². The number of carbonyl (C=O) groups is 1. The van der Waals surface area contributed by atoms with E-state index in [-0.39, 0.29) is 23.2 Å². The standard InChI is InChI=1S/C17H17ClFNO3/c1-22-15-6-4-3-5-13(15)16(23-2)10-20-17(21)12-8-7-11(19)9-14(12)18/h3-9,16H,10H2,1-2H3,(H,20,21)/t16-/m0/s1. The Kier molecular flexibility index (Phi) is 5.96. The predicted molar refractivity (Wildman–Crippen MR) is 86.5 cm³/mol. The van der Waals surface area contributed by atoms with Crippen LogP contribution in [-0.2, 0) is 4.74 Å². The lowest BCUT2D eigenvalue weighted by Gasteiger charge is -2.19. The number of amides is 1. The van der Waals surface area contributed by atoms with E-state index in [1.807, 2.05) is 24.3 Å². The van der Waals surface area contributed by atoms with Crippen LogP contribution in [0.5, 0.6) is 5.75 Å². The van der Waals surface area contributed by atoms with Crippen molar-refractivity contribution in [2.75, 3.05) is 20.8 Å². The summed E-state index contributed by atoms with van der Waals surface area (Å²) < 4.78 is 23.8. The molecule has 0 aliphatic heterocycles. The highest BCUT2D eigenvalue weighted by atomic mass is 35.5. The quantitative estimate of drug-likeness (QED) is 0.876. The lowest BCUT2D eigenvalue weighted by Crippen LogP contribution is -2.29. The third-order valence-electron chi connectivity index (χ3n) is 3.39. The number of rotatable bonds is 6. The predicted octanol–water partition coefficient (Wildman–Crippen LogP) is 3.61. The monoisotopic (exact) mass is 337 g/mol. The zero-order valence-corrected chi connectivity index (χ0v) is 13.6. The lowest BCUT2D eigenvalue weighted by atomic mass is 10.1. The first kappa shape index (κ1) is 17.2. The van der Waals surface area contributed by atoms with E-state index < -0.39 is 11.7 Å². The minimum atomic E-state index is -0.490. The maximum absolute atomic E-state index is 13.0. The van der Waals surface area contributed by atoms with Crippen LogP contribution in [0.1, 0.15) is 22.0 Å². The molecule has 0 bridgehead atoms. The summed E-state index contributed by atoms with van der Waals surface area (Å²) in [5, 5.41) is 2.80. The largest absolute Gasteiger partial charge is 0.496 e. The van der Waals surface area contributed by atoms with Crippen LogP contribution >= 0.6 is 11.6 Å². The van der Waals surface area contributed by atoms with Crippen molar-refractivity contribution >= 4 is 17.5 Å². The van der Waals surface area contributed by atoms with Gasteiger partial charge in [0.15, 0.2) is 0 Å². The first-order valence-corrected chi connectivity index (χ1v) is 7.33. The fourth-order valence-electron chi connectivity index (χ4n) is 2.21. The molecule has 2 aromatic rings. The summed E-state index contributed by atoms with van der Waals surface area (Å²) in [6.07, 6.45) is -0.380. The van der Waals surface area contributed by atoms with Crippen LogP contribution in [0.4, 0.5) is 4.39 Å². The maximum atomic E-state index is 13.0. The van der Waals surface area contributed by atoms with Crippen molar-refractivity contribution in [1.29, 1.82) is 0 Å². The van der Waals surface area contributed by atoms with Crippen LogP contribution in [0.25, 0.3) is 0 Å². The molecule has 2 rings (SSSR count). The van der Waals surface area contributed by atoms with Gasteiger partial charge in [0.1, 0.15) is 17.7 Å². The first-order chi connectivity index (χ1) is 11.1. The maximum Gasteiger partial charge on any atom is 0.252 e. The van der Waals surface area contributed by atoms with E-state index in [2.05, 4.69) is 5.32 Å². The Morgan fingerprint density at radius 3 is 2.65 bits per heavy atom. The number of hydrogen-bond acceptors (Lipinski definition) is 3. The molecule has 1 atom stereocenters. The Hall–Kier alpha value is -2.11. The molecule has 0 unspecified atom stereocenters. The van der Waals surface area contributed by atoms with Gasteiger partial charge in [0.25, 0.3) is 5.91 Å². The molecular weight excluding hydrogens is 321 g/mol. The number of benzene rings is 2. The van der Waals surface area contributed by atoms with Gasteiger partial charge < -0.3 is 14.8 Å². The van der Waals surface area contributed by atoms with Crippen LogP contribution < -0.4 is 10.1 Å². The minimum Gasteiger partial charge on any atom is -0.496 e. The molecule has 122 valence electrons. The molecule has 23 heavy (non-hydrogen) atoms. The topological polar surface area (TPSA) is 47.6 Å². The second-order valence-corrected chi connectivity index (χ2v) is 5.21. The number of para-hydroxylation sites is 1. The van der Waals surface area contributed by atoms with E-state index in [1.54, 1.807) is 14.2 Å². The molecule has 1 amide bonds. The summed E-state index contributed by atoms with van der Waals surface area (Å²) in [6, 6.07) is 11.0. The Morgan fingerprint density at radius 2 is 2.00 bits per heavy atom. The lowest BCUT2D eigenvalue weighted by molar-refractivity contribution is 0.0819. The van der Waals surface area contributed by atoms with E-state index >= 15 is 0 Å². The second-order valence-electron chi connectivity index (χ2n) is 4.80. The molecule has 2 aromatic carbocycles. The van der Waals surface area contributed by atoms with Crippen LogP contribution in [0.2, 0.25) is 5.02 Å². The smallest absolute Gasteiger partial charge is 0.252 e. The van der Waals surface area contributed by atoms with E-state index in [0.717, 1.165) is 11.6 Å². The van der Waals surface area contributed by atoms with Crippen molar-refractivity contribution in [2.24, 2.45) is 0 Å². The highest BCUT2D eigenvalue weighted by Gasteiger charge is 2.18. The minimum absolute atomic E-state index is 0.0637. The zero-order valence-electron chi connectivity index (χ0n) is 12.8. The second kappa shape index (κ2) is 7.94. The van der Waals surface area contributed by atoms with Gasteiger partial charge in [-0.1, -0.05) is 29.8 Å². The van der Waals surface area contributed by atoms with Crippen molar-refractivity contribution in [1.82, 2.24) is 5.32 Å². The van der Waals surface area contributed by atoms with Crippen LogP contribution in [-0.4, -0.2) is 26.7 Å². The summed E-state index contributed by atoms with van der Waals surface area (Å²) in [4.78, 5) is 12.2. The third kappa shape index (κ3) is 4.21. The first-order valence-electron chi connectivity index (χ1n) is 6.95. The van der Waals surface area contributed by atoms with Crippen molar-refractivity contribution < 1.29 is 18.7 Å². The summed E-state index contributed by atoms with van der Waals surface area (Å²) in [5.74, 6) is -0.212. The van der Waals surface area contributed by atoms with Crippen LogP contribution in [0.3, 0.4) is 0 Å². The highest BCUT2D eigenvalue weighted by Crippen LogP contribution is 2.26. The van der Waals surface area contributed by atoms with E-state index in [4.69, 9.17) is 21.1 Å². The van der Waals surface area contributed by atoms with Gasteiger partial charge in [0.05, 0.1) is 17.7 Å². The molecule has 0 saturated heterocycles. The van der Waals surface area contributed by atoms with E-state index in [1.165, 1.54) is 12.1 Å². The van der Waals surface area contributed by atoms with E-state index in [0.29, 0.717) is 5.75 Å². The molecule has 0 aromatic heterocycles. The molecular formula is C17H17ClFNO3. The molecule has 4 nitrogen and oxygen atoms in total. The number of ether oxygens (including phenoxy) is 2. The molecule has 0 aliphatic carbocycles. The number of hydrogen-bond donors (Lipinski definition) is 1. The number of methoxy groups -OCH3 is 2. The van der Waals surface area contributed by atoms with E-state index in [9.17, 15) is 9.18 Å². The SMILES string of the molecule is COc1ccccc1[C@H](CNC(=O)c1ccc(F)cc1Cl)OC. The fourth-order valence-corrected chi connectivity index (χ4v) is 2.46. The number of halogens is 2. The van der Waals surface area contributed by atoms with Crippen molar-refractivity contribution in [3.8, 4) is 5.75 Å². The third-order valence-corrected chi connectivity index (χ3v) is 3.71. The van der Waals surface area contributed by atoms with Crippen molar-refractivity contribution in [3.05, 3.63) is 64.4 Å². The van der Waals surface area contributed by atoms with Crippen LogP contribution in [0, 0.1) is 5.82 Å². The van der Waals surface area contributed by atoms with Crippen LogP contribution in [0.15, 0.2) is 42.5 Å². The molecule has 0 heterocycles. The normalized spacial score (nSPS) is 11.8. The van der Waals surface area contributed by atoms with Gasteiger partial charge in [-0.05, 0) is 24.3 Å². The zero-order chi connectivity index (χ0) is 16.8. The average Bonchev–Trinajstić information content (AvgIpc) is 2.55. The number of nitrogens with one attached hydrogen (secondary N) is 1. The molecule has 0 spiro atoms. The van der Waals surface area contributed by atoms with Gasteiger partial charge in [-0.15, -0.1) is 0 Å². The highest BCUT2D eigenvalue weighted by molar-refractivity contribution is 6.33. The summed E-state index contributed by atoms with van der Waals surface area (Å²) in [7, 11) is 3.12. The Bertz CT molecular complexity index is 693. The van der Waals surface area contributed by atoms with Gasteiger partial charge >= 0.3 is 0 Å². The Labute approximate surface area is 139 Å². The number of carbonyl (C=O) groups excluding carboxylic acids is 1.